The third-order valence-corrected chi connectivity index (χ3v) is 4.24. The van der Waals surface area contributed by atoms with Crippen molar-refractivity contribution in [3.8, 4) is 0 Å². The Morgan fingerprint density at radius 1 is 1.14 bits per heavy atom. The van der Waals surface area contributed by atoms with Crippen LogP contribution in [0.25, 0.3) is 0 Å². The molecule has 0 saturated carbocycles. The summed E-state index contributed by atoms with van der Waals surface area (Å²) in [5.41, 5.74) is 8.61. The summed E-state index contributed by atoms with van der Waals surface area (Å²) in [6.07, 6.45) is 0. The van der Waals surface area contributed by atoms with Crippen molar-refractivity contribution >= 4 is 27.5 Å². The van der Waals surface area contributed by atoms with Crippen LogP contribution in [-0.2, 0) is 10.3 Å². The SMILES string of the molecule is Cc1cc(C)cc(C(C)(Nc2ccccc2Br)C(N)=O)c1. The van der Waals surface area contributed by atoms with Gasteiger partial charge in [-0.2, -0.15) is 0 Å². The van der Waals surface area contributed by atoms with Crippen molar-refractivity contribution in [3.63, 3.8) is 0 Å². The van der Waals surface area contributed by atoms with Gasteiger partial charge in [-0.1, -0.05) is 41.5 Å². The molecule has 0 heterocycles. The van der Waals surface area contributed by atoms with Gasteiger partial charge in [0.2, 0.25) is 5.91 Å². The largest absolute Gasteiger partial charge is 0.367 e. The van der Waals surface area contributed by atoms with E-state index >= 15 is 0 Å². The number of para-hydroxylation sites is 1. The second-order valence-corrected chi connectivity index (χ2v) is 6.32. The molecule has 2 aromatic rings. The summed E-state index contributed by atoms with van der Waals surface area (Å²) < 4.78 is 0.891. The molecule has 0 aliphatic carbocycles. The second kappa shape index (κ2) is 5.90. The highest BCUT2D eigenvalue weighted by Crippen LogP contribution is 2.31. The van der Waals surface area contributed by atoms with Crippen molar-refractivity contribution in [1.29, 1.82) is 0 Å². The molecule has 0 aliphatic heterocycles. The number of hydrogen-bond acceptors (Lipinski definition) is 2. The molecule has 0 spiro atoms. The Hall–Kier alpha value is -1.81. The maximum Gasteiger partial charge on any atom is 0.247 e. The Balaban J connectivity index is 2.50. The first-order valence-corrected chi connectivity index (χ1v) is 7.53. The molecule has 110 valence electrons. The van der Waals surface area contributed by atoms with Crippen LogP contribution in [0.1, 0.15) is 23.6 Å². The van der Waals surface area contributed by atoms with Crippen LogP contribution < -0.4 is 11.1 Å². The molecule has 1 unspecified atom stereocenters. The maximum absolute atomic E-state index is 12.1. The van der Waals surface area contributed by atoms with Crippen LogP contribution in [0, 0.1) is 13.8 Å². The lowest BCUT2D eigenvalue weighted by Gasteiger charge is -2.30. The van der Waals surface area contributed by atoms with Gasteiger partial charge >= 0.3 is 0 Å². The summed E-state index contributed by atoms with van der Waals surface area (Å²) in [4.78, 5) is 12.1. The van der Waals surface area contributed by atoms with Crippen LogP contribution in [0.2, 0.25) is 0 Å². The Kier molecular flexibility index (Phi) is 4.37. The number of hydrogen-bond donors (Lipinski definition) is 2. The maximum atomic E-state index is 12.1. The molecule has 0 aliphatic rings. The second-order valence-electron chi connectivity index (χ2n) is 5.47. The number of amides is 1. The Labute approximate surface area is 133 Å². The van der Waals surface area contributed by atoms with Crippen LogP contribution in [0.5, 0.6) is 0 Å². The van der Waals surface area contributed by atoms with Crippen molar-refractivity contribution in [2.24, 2.45) is 5.73 Å². The number of nitrogens with two attached hydrogens (primary N) is 1. The molecule has 0 fully saturated rings. The summed E-state index contributed by atoms with van der Waals surface area (Å²) in [5, 5.41) is 3.27. The van der Waals surface area contributed by atoms with Crippen molar-refractivity contribution in [2.75, 3.05) is 5.32 Å². The fraction of sp³-hybridized carbons (Fsp3) is 0.235. The van der Waals surface area contributed by atoms with Crippen molar-refractivity contribution in [1.82, 2.24) is 0 Å². The average molecular weight is 347 g/mol. The minimum Gasteiger partial charge on any atom is -0.367 e. The van der Waals surface area contributed by atoms with Gasteiger partial charge in [-0.05, 0) is 54.4 Å². The molecule has 0 saturated heterocycles. The van der Waals surface area contributed by atoms with E-state index in [1.165, 1.54) is 0 Å². The van der Waals surface area contributed by atoms with E-state index in [-0.39, 0.29) is 0 Å². The summed E-state index contributed by atoms with van der Waals surface area (Å²) in [7, 11) is 0. The molecule has 3 N–H and O–H groups in total. The van der Waals surface area contributed by atoms with Gasteiger partial charge in [-0.3, -0.25) is 4.79 Å². The van der Waals surface area contributed by atoms with E-state index in [4.69, 9.17) is 5.73 Å². The topological polar surface area (TPSA) is 55.1 Å². The van der Waals surface area contributed by atoms with Crippen LogP contribution in [0.15, 0.2) is 46.9 Å². The van der Waals surface area contributed by atoms with Gasteiger partial charge in [0.25, 0.3) is 0 Å². The fourth-order valence-electron chi connectivity index (χ4n) is 2.37. The third-order valence-electron chi connectivity index (χ3n) is 3.55. The van der Waals surface area contributed by atoms with Crippen molar-refractivity contribution in [3.05, 3.63) is 63.6 Å². The first kappa shape index (κ1) is 15.6. The molecular formula is C17H19BrN2O. The number of primary amides is 1. The van der Waals surface area contributed by atoms with Gasteiger partial charge in [0.1, 0.15) is 5.54 Å². The zero-order valence-electron chi connectivity index (χ0n) is 12.4. The molecule has 1 atom stereocenters. The molecule has 0 radical (unpaired) electrons. The fourth-order valence-corrected chi connectivity index (χ4v) is 2.76. The smallest absolute Gasteiger partial charge is 0.247 e. The van der Waals surface area contributed by atoms with Gasteiger partial charge in [0, 0.05) is 10.2 Å². The normalized spacial score (nSPS) is 13.5. The highest BCUT2D eigenvalue weighted by atomic mass is 79.9. The van der Waals surface area contributed by atoms with Gasteiger partial charge in [0.15, 0.2) is 0 Å². The van der Waals surface area contributed by atoms with E-state index in [2.05, 4.69) is 27.3 Å². The van der Waals surface area contributed by atoms with Crippen LogP contribution in [0.4, 0.5) is 5.69 Å². The molecule has 21 heavy (non-hydrogen) atoms. The van der Waals surface area contributed by atoms with Crippen LogP contribution in [-0.4, -0.2) is 5.91 Å². The molecule has 0 aromatic heterocycles. The summed E-state index contributed by atoms with van der Waals surface area (Å²) in [6, 6.07) is 13.7. The number of rotatable bonds is 4. The number of nitrogens with one attached hydrogen (secondary N) is 1. The quantitative estimate of drug-likeness (QED) is 0.882. The van der Waals surface area contributed by atoms with E-state index in [1.807, 2.05) is 57.2 Å². The van der Waals surface area contributed by atoms with E-state index in [0.29, 0.717) is 0 Å². The lowest BCUT2D eigenvalue weighted by Crippen LogP contribution is -2.45. The van der Waals surface area contributed by atoms with E-state index in [1.54, 1.807) is 0 Å². The molecule has 2 rings (SSSR count). The van der Waals surface area contributed by atoms with Gasteiger partial charge in [-0.15, -0.1) is 0 Å². The zero-order chi connectivity index (χ0) is 15.6. The summed E-state index contributed by atoms with van der Waals surface area (Å²) in [5.74, 6) is -0.414. The summed E-state index contributed by atoms with van der Waals surface area (Å²) in [6.45, 7) is 5.83. The molecule has 0 bridgehead atoms. The first-order chi connectivity index (χ1) is 9.83. The average Bonchev–Trinajstić information content (AvgIpc) is 2.40. The Morgan fingerprint density at radius 3 is 2.24 bits per heavy atom. The number of aryl methyl sites for hydroxylation is 2. The zero-order valence-corrected chi connectivity index (χ0v) is 14.0. The molecular weight excluding hydrogens is 328 g/mol. The van der Waals surface area contributed by atoms with Crippen molar-refractivity contribution in [2.45, 2.75) is 26.3 Å². The van der Waals surface area contributed by atoms with E-state index in [9.17, 15) is 4.79 Å². The van der Waals surface area contributed by atoms with Crippen molar-refractivity contribution < 1.29 is 4.79 Å². The van der Waals surface area contributed by atoms with Crippen LogP contribution in [0.3, 0.4) is 0 Å². The minimum absolute atomic E-state index is 0.414. The van der Waals surface area contributed by atoms with Gasteiger partial charge < -0.3 is 11.1 Å². The predicted molar refractivity (Wildman–Crippen MR) is 90.2 cm³/mol. The third kappa shape index (κ3) is 3.27. The van der Waals surface area contributed by atoms with E-state index < -0.39 is 11.4 Å². The number of carbonyl (C=O) groups excluding carboxylic acids is 1. The predicted octanol–water partition coefficient (Wildman–Crippen LogP) is 3.88. The number of anilines is 1. The number of halogens is 1. The molecule has 2 aromatic carbocycles. The molecule has 3 nitrogen and oxygen atoms in total. The van der Waals surface area contributed by atoms with Gasteiger partial charge in [0.05, 0.1) is 0 Å². The Morgan fingerprint density at radius 2 is 1.71 bits per heavy atom. The highest BCUT2D eigenvalue weighted by molar-refractivity contribution is 9.10. The molecule has 1 amide bonds. The lowest BCUT2D eigenvalue weighted by molar-refractivity contribution is -0.122. The van der Waals surface area contributed by atoms with Crippen LogP contribution >= 0.6 is 15.9 Å². The number of carbonyl (C=O) groups is 1. The minimum atomic E-state index is -0.972. The monoisotopic (exact) mass is 346 g/mol. The lowest BCUT2D eigenvalue weighted by atomic mass is 9.88. The summed E-state index contributed by atoms with van der Waals surface area (Å²) >= 11 is 3.48. The first-order valence-electron chi connectivity index (χ1n) is 6.74. The van der Waals surface area contributed by atoms with E-state index in [0.717, 1.165) is 26.9 Å². The highest BCUT2D eigenvalue weighted by Gasteiger charge is 2.34. The molecule has 4 heteroatoms. The standard InChI is InChI=1S/C17H19BrN2O/c1-11-8-12(2)10-13(9-11)17(3,16(19)21)20-15-7-5-4-6-14(15)18/h4-10,20H,1-3H3,(H2,19,21). The van der Waals surface area contributed by atoms with Gasteiger partial charge in [-0.25, -0.2) is 0 Å². The number of benzene rings is 2. The Bertz CT molecular complexity index is 664.